The molecule has 0 heterocycles. The van der Waals surface area contributed by atoms with Crippen LogP contribution in [0.25, 0.3) is 0 Å². The van der Waals surface area contributed by atoms with E-state index in [1.165, 1.54) is 22.3 Å². The Labute approximate surface area is 141 Å². The van der Waals surface area contributed by atoms with E-state index in [0.29, 0.717) is 0 Å². The van der Waals surface area contributed by atoms with Crippen molar-refractivity contribution in [1.82, 2.24) is 0 Å². The fraction of sp³-hybridized carbons (Fsp3) is 0.455. The van der Waals surface area contributed by atoms with E-state index >= 15 is 0 Å². The first-order chi connectivity index (χ1) is 10.5. The van der Waals surface area contributed by atoms with Crippen molar-refractivity contribution in [2.75, 3.05) is 0 Å². The molecule has 0 aliphatic heterocycles. The fourth-order valence-corrected chi connectivity index (χ4v) is 3.22. The SMILES string of the molecule is Cc1cc(Oc2ccc(C(C)(C)C)c(C)c2)ccc1C(C)(C)C. The molecule has 1 heteroatoms. The minimum atomic E-state index is 0.160. The first-order valence-corrected chi connectivity index (χ1v) is 8.38. The van der Waals surface area contributed by atoms with Gasteiger partial charge in [0, 0.05) is 0 Å². The summed E-state index contributed by atoms with van der Waals surface area (Å²) in [6.07, 6.45) is 0. The van der Waals surface area contributed by atoms with Crippen LogP contribution in [0, 0.1) is 13.8 Å². The molecule has 0 saturated heterocycles. The molecular weight excluding hydrogens is 280 g/mol. The molecular formula is C22H30O. The van der Waals surface area contributed by atoms with Crippen molar-refractivity contribution in [3.05, 3.63) is 58.7 Å². The van der Waals surface area contributed by atoms with Gasteiger partial charge in [-0.25, -0.2) is 0 Å². The zero-order valence-electron chi connectivity index (χ0n) is 15.9. The highest BCUT2D eigenvalue weighted by Gasteiger charge is 2.18. The van der Waals surface area contributed by atoms with Gasteiger partial charge in [-0.2, -0.15) is 0 Å². The Hall–Kier alpha value is -1.76. The molecule has 0 aliphatic rings. The fourth-order valence-electron chi connectivity index (χ4n) is 3.22. The lowest BCUT2D eigenvalue weighted by molar-refractivity contribution is 0.479. The van der Waals surface area contributed by atoms with Gasteiger partial charge in [0.15, 0.2) is 0 Å². The van der Waals surface area contributed by atoms with Crippen LogP contribution >= 0.6 is 0 Å². The van der Waals surface area contributed by atoms with Gasteiger partial charge < -0.3 is 4.74 Å². The van der Waals surface area contributed by atoms with E-state index in [1.807, 2.05) is 0 Å². The van der Waals surface area contributed by atoms with E-state index < -0.39 is 0 Å². The van der Waals surface area contributed by atoms with E-state index in [0.717, 1.165) is 11.5 Å². The number of rotatable bonds is 2. The third kappa shape index (κ3) is 4.16. The lowest BCUT2D eigenvalue weighted by Crippen LogP contribution is -2.13. The van der Waals surface area contributed by atoms with E-state index in [-0.39, 0.29) is 10.8 Å². The average molecular weight is 310 g/mol. The van der Waals surface area contributed by atoms with Crippen molar-refractivity contribution in [2.45, 2.75) is 66.2 Å². The summed E-state index contributed by atoms with van der Waals surface area (Å²) >= 11 is 0. The van der Waals surface area contributed by atoms with E-state index in [1.54, 1.807) is 0 Å². The maximum Gasteiger partial charge on any atom is 0.127 e. The second-order valence-corrected chi connectivity index (χ2v) is 8.56. The van der Waals surface area contributed by atoms with Crippen LogP contribution in [0.15, 0.2) is 36.4 Å². The Kier molecular flexibility index (Phi) is 4.61. The summed E-state index contributed by atoms with van der Waals surface area (Å²) in [6, 6.07) is 12.8. The van der Waals surface area contributed by atoms with Gasteiger partial charge in [-0.15, -0.1) is 0 Å². The molecule has 0 radical (unpaired) electrons. The van der Waals surface area contributed by atoms with Gasteiger partial charge in [-0.1, -0.05) is 53.7 Å². The van der Waals surface area contributed by atoms with Crippen LogP contribution in [0.4, 0.5) is 0 Å². The van der Waals surface area contributed by atoms with Gasteiger partial charge in [-0.05, 0) is 71.2 Å². The monoisotopic (exact) mass is 310 g/mol. The Morgan fingerprint density at radius 3 is 1.22 bits per heavy atom. The maximum atomic E-state index is 6.08. The van der Waals surface area contributed by atoms with Crippen molar-refractivity contribution >= 4 is 0 Å². The highest BCUT2D eigenvalue weighted by atomic mass is 16.5. The molecule has 0 atom stereocenters. The van der Waals surface area contributed by atoms with Crippen LogP contribution in [-0.4, -0.2) is 0 Å². The van der Waals surface area contributed by atoms with Crippen LogP contribution in [-0.2, 0) is 10.8 Å². The summed E-state index contributed by atoms with van der Waals surface area (Å²) in [6.45, 7) is 17.8. The molecule has 1 nitrogen and oxygen atoms in total. The number of hydrogen-bond acceptors (Lipinski definition) is 1. The molecule has 2 aromatic rings. The molecule has 0 aliphatic carbocycles. The van der Waals surface area contributed by atoms with Crippen LogP contribution in [0.2, 0.25) is 0 Å². The van der Waals surface area contributed by atoms with Gasteiger partial charge in [0.2, 0.25) is 0 Å². The van der Waals surface area contributed by atoms with Gasteiger partial charge in [0.05, 0.1) is 0 Å². The van der Waals surface area contributed by atoms with Crippen LogP contribution in [0.1, 0.15) is 63.8 Å². The van der Waals surface area contributed by atoms with Crippen LogP contribution in [0.5, 0.6) is 11.5 Å². The highest BCUT2D eigenvalue weighted by Crippen LogP contribution is 2.32. The Bertz CT molecular complexity index is 635. The molecule has 124 valence electrons. The standard InChI is InChI=1S/C22H30O/c1-15-13-17(9-11-19(15)21(3,4)5)23-18-10-12-20(16(2)14-18)22(6,7)8/h9-14H,1-8H3. The minimum Gasteiger partial charge on any atom is -0.457 e. The molecule has 0 unspecified atom stereocenters. The second-order valence-electron chi connectivity index (χ2n) is 8.56. The molecule has 0 saturated carbocycles. The topological polar surface area (TPSA) is 9.23 Å². The van der Waals surface area contributed by atoms with Gasteiger partial charge in [-0.3, -0.25) is 0 Å². The van der Waals surface area contributed by atoms with Crippen molar-refractivity contribution in [2.24, 2.45) is 0 Å². The summed E-state index contributed by atoms with van der Waals surface area (Å²) in [5, 5.41) is 0. The molecule has 2 rings (SSSR count). The van der Waals surface area contributed by atoms with E-state index in [2.05, 4.69) is 91.8 Å². The second kappa shape index (κ2) is 6.03. The van der Waals surface area contributed by atoms with Gasteiger partial charge >= 0.3 is 0 Å². The van der Waals surface area contributed by atoms with Crippen LogP contribution in [0.3, 0.4) is 0 Å². The molecule has 23 heavy (non-hydrogen) atoms. The van der Waals surface area contributed by atoms with Crippen molar-refractivity contribution < 1.29 is 4.74 Å². The normalized spacial score (nSPS) is 12.3. The number of aryl methyl sites for hydroxylation is 2. The molecule has 0 amide bonds. The largest absolute Gasteiger partial charge is 0.457 e. The smallest absolute Gasteiger partial charge is 0.127 e. The summed E-state index contributed by atoms with van der Waals surface area (Å²) in [5.74, 6) is 1.80. The summed E-state index contributed by atoms with van der Waals surface area (Å²) in [5.41, 5.74) is 5.60. The molecule has 2 aromatic carbocycles. The number of benzene rings is 2. The lowest BCUT2D eigenvalue weighted by Gasteiger charge is -2.23. The van der Waals surface area contributed by atoms with E-state index in [9.17, 15) is 0 Å². The molecule has 0 bridgehead atoms. The summed E-state index contributed by atoms with van der Waals surface area (Å²) in [7, 11) is 0. The van der Waals surface area contributed by atoms with Gasteiger partial charge in [0.1, 0.15) is 11.5 Å². The van der Waals surface area contributed by atoms with Crippen molar-refractivity contribution in [1.29, 1.82) is 0 Å². The first kappa shape index (κ1) is 17.6. The quantitative estimate of drug-likeness (QED) is 0.600. The first-order valence-electron chi connectivity index (χ1n) is 8.38. The Morgan fingerprint density at radius 1 is 0.609 bits per heavy atom. The molecule has 0 aromatic heterocycles. The van der Waals surface area contributed by atoms with Crippen LogP contribution < -0.4 is 4.74 Å². The summed E-state index contributed by atoms with van der Waals surface area (Å²) < 4.78 is 6.08. The predicted octanol–water partition coefficient (Wildman–Crippen LogP) is 6.69. The van der Waals surface area contributed by atoms with Gasteiger partial charge in [0.25, 0.3) is 0 Å². The molecule has 0 spiro atoms. The average Bonchev–Trinajstić information content (AvgIpc) is 2.35. The van der Waals surface area contributed by atoms with E-state index in [4.69, 9.17) is 4.74 Å². The summed E-state index contributed by atoms with van der Waals surface area (Å²) in [4.78, 5) is 0. The zero-order valence-corrected chi connectivity index (χ0v) is 15.9. The van der Waals surface area contributed by atoms with Crippen molar-refractivity contribution in [3.8, 4) is 11.5 Å². The third-order valence-electron chi connectivity index (χ3n) is 4.25. The third-order valence-corrected chi connectivity index (χ3v) is 4.25. The number of hydrogen-bond donors (Lipinski definition) is 0. The maximum absolute atomic E-state index is 6.08. The Morgan fingerprint density at radius 2 is 0.957 bits per heavy atom. The Balaban J connectivity index is 2.27. The highest BCUT2D eigenvalue weighted by molar-refractivity contribution is 5.43. The number of ether oxygens (including phenoxy) is 1. The molecule has 0 N–H and O–H groups in total. The lowest BCUT2D eigenvalue weighted by atomic mass is 9.84. The minimum absolute atomic E-state index is 0.160. The van der Waals surface area contributed by atoms with Crippen molar-refractivity contribution in [3.63, 3.8) is 0 Å². The zero-order chi connectivity index (χ0) is 17.4. The molecule has 0 fully saturated rings. The predicted molar refractivity (Wildman–Crippen MR) is 99.8 cm³/mol.